The van der Waals surface area contributed by atoms with E-state index in [0.717, 1.165) is 65.0 Å². The fourth-order valence-electron chi connectivity index (χ4n) is 8.04. The number of amides is 2. The number of unbranched alkanes of at least 4 members (excludes halogenated alkanes) is 1. The van der Waals surface area contributed by atoms with Crippen LogP contribution in [0, 0.1) is 0 Å². The number of piperidine rings is 1. The number of hydrogen-bond acceptors (Lipinski definition) is 8. The van der Waals surface area contributed by atoms with Crippen LogP contribution in [0.4, 0.5) is 5.69 Å². The Morgan fingerprint density at radius 1 is 0.818 bits per heavy atom. The first kappa shape index (κ1) is 38.2. The molecule has 3 aliphatic heterocycles. The van der Waals surface area contributed by atoms with Crippen molar-refractivity contribution in [3.05, 3.63) is 125 Å². The van der Waals surface area contributed by atoms with E-state index in [1.165, 1.54) is 0 Å². The topological polar surface area (TPSA) is 141 Å². The number of likely N-dealkylation sites (tertiary alicyclic amines) is 1. The van der Waals surface area contributed by atoms with Crippen molar-refractivity contribution in [2.24, 2.45) is 0 Å². The van der Waals surface area contributed by atoms with Gasteiger partial charge in [0.25, 0.3) is 0 Å². The fourth-order valence-corrected chi connectivity index (χ4v) is 8.04. The Labute approximate surface area is 322 Å². The SMILES string of the molecule is O=C(O)CCCCC(=O)NCc1cccc(-c2cccc([C@H]3O[C@@H](CN4CCC5(CC4)C(=O)NCN5c4ccccc4)C[C@@H](c4ccc(CO)cc4)O3)c2)c1. The van der Waals surface area contributed by atoms with Gasteiger partial charge in [-0.1, -0.05) is 78.9 Å². The smallest absolute Gasteiger partial charge is 0.303 e. The van der Waals surface area contributed by atoms with E-state index in [-0.39, 0.29) is 37.0 Å². The van der Waals surface area contributed by atoms with Gasteiger partial charge in [0.2, 0.25) is 11.8 Å². The molecule has 0 aliphatic carbocycles. The number of carboxylic acids is 1. The zero-order valence-electron chi connectivity index (χ0n) is 31.1. The lowest BCUT2D eigenvalue weighted by molar-refractivity contribution is -0.253. The molecule has 3 heterocycles. The predicted molar refractivity (Wildman–Crippen MR) is 209 cm³/mol. The van der Waals surface area contributed by atoms with Crippen LogP contribution in [0.2, 0.25) is 0 Å². The molecule has 0 radical (unpaired) electrons. The molecule has 3 aliphatic rings. The molecule has 7 rings (SSSR count). The van der Waals surface area contributed by atoms with E-state index in [0.29, 0.717) is 45.4 Å². The highest BCUT2D eigenvalue weighted by molar-refractivity contribution is 5.93. The minimum atomic E-state index is -0.848. The molecule has 4 N–H and O–H groups in total. The number of benzene rings is 4. The number of aliphatic carboxylic acids is 1. The van der Waals surface area contributed by atoms with Crippen LogP contribution in [0.5, 0.6) is 0 Å². The van der Waals surface area contributed by atoms with E-state index in [4.69, 9.17) is 14.6 Å². The summed E-state index contributed by atoms with van der Waals surface area (Å²) in [6, 6.07) is 34.3. The number of carbonyl (C=O) groups is 3. The van der Waals surface area contributed by atoms with Gasteiger partial charge < -0.3 is 40.1 Å². The standard InChI is InChI=1S/C44H50N4O7/c49-29-31-16-18-33(19-17-31)39-26-38(28-47-22-20-44(21-23-47)43(53)46-30-48(44)37-12-2-1-3-13-37)54-42(55-39)36-11-7-10-35(25-36)34-9-6-8-32(24-34)27-45-40(50)14-4-5-15-41(51)52/h1-3,6-13,16-19,24-25,38-39,42,49H,4-5,14-15,20-23,26-30H2,(H,45,50)(H,46,53)(H,51,52)/t38-,39+,42+/m1/s1. The highest BCUT2D eigenvalue weighted by Crippen LogP contribution is 2.41. The Hall–Kier alpha value is -5.07. The van der Waals surface area contributed by atoms with Crippen LogP contribution >= 0.6 is 0 Å². The highest BCUT2D eigenvalue weighted by atomic mass is 16.7. The van der Waals surface area contributed by atoms with Crippen molar-refractivity contribution in [1.82, 2.24) is 15.5 Å². The predicted octanol–water partition coefficient (Wildman–Crippen LogP) is 6.08. The second-order valence-electron chi connectivity index (χ2n) is 14.8. The number of para-hydroxylation sites is 1. The number of nitrogens with zero attached hydrogens (tertiary/aromatic N) is 2. The van der Waals surface area contributed by atoms with Crippen LogP contribution in [-0.2, 0) is 37.0 Å². The second-order valence-corrected chi connectivity index (χ2v) is 14.8. The van der Waals surface area contributed by atoms with E-state index in [2.05, 4.69) is 50.8 Å². The third-order valence-electron chi connectivity index (χ3n) is 11.1. The van der Waals surface area contributed by atoms with Gasteiger partial charge in [0.15, 0.2) is 6.29 Å². The molecule has 3 saturated heterocycles. The lowest BCUT2D eigenvalue weighted by atomic mass is 9.85. The maximum absolute atomic E-state index is 13.3. The van der Waals surface area contributed by atoms with E-state index in [9.17, 15) is 19.5 Å². The molecule has 4 aromatic rings. The summed E-state index contributed by atoms with van der Waals surface area (Å²) in [6.45, 7) is 3.13. The van der Waals surface area contributed by atoms with E-state index >= 15 is 0 Å². The molecule has 0 aromatic heterocycles. The van der Waals surface area contributed by atoms with Gasteiger partial charge >= 0.3 is 5.97 Å². The minimum Gasteiger partial charge on any atom is -0.481 e. The molecule has 0 bridgehead atoms. The summed E-state index contributed by atoms with van der Waals surface area (Å²) in [5.74, 6) is -0.842. The first-order chi connectivity index (χ1) is 26.8. The average molecular weight is 747 g/mol. The molecule has 3 fully saturated rings. The first-order valence-electron chi connectivity index (χ1n) is 19.3. The van der Waals surface area contributed by atoms with Gasteiger partial charge in [0, 0.05) is 56.7 Å². The summed E-state index contributed by atoms with van der Waals surface area (Å²) in [6.07, 6.45) is 2.54. The summed E-state index contributed by atoms with van der Waals surface area (Å²) >= 11 is 0. The molecule has 55 heavy (non-hydrogen) atoms. The van der Waals surface area contributed by atoms with Crippen molar-refractivity contribution in [3.8, 4) is 11.1 Å². The lowest BCUT2D eigenvalue weighted by Gasteiger charge is -2.45. The zero-order chi connectivity index (χ0) is 38.2. The van der Waals surface area contributed by atoms with Gasteiger partial charge in [-0.15, -0.1) is 0 Å². The van der Waals surface area contributed by atoms with Crippen LogP contribution in [-0.4, -0.2) is 70.8 Å². The minimum absolute atomic E-state index is 0.0225. The number of rotatable bonds is 14. The summed E-state index contributed by atoms with van der Waals surface area (Å²) in [5, 5.41) is 24.5. The van der Waals surface area contributed by atoms with Crippen LogP contribution in [0.25, 0.3) is 11.1 Å². The summed E-state index contributed by atoms with van der Waals surface area (Å²) in [4.78, 5) is 41.0. The van der Waals surface area contributed by atoms with E-state index in [1.54, 1.807) is 0 Å². The van der Waals surface area contributed by atoms with Gasteiger partial charge in [-0.3, -0.25) is 14.4 Å². The Bertz CT molecular complexity index is 1930. The normalized spacial score (nSPS) is 21.0. The number of hydrogen-bond donors (Lipinski definition) is 4. The Balaban J connectivity index is 1.04. The number of nitrogens with one attached hydrogen (secondary N) is 2. The molecular formula is C44H50N4O7. The maximum Gasteiger partial charge on any atom is 0.303 e. The summed E-state index contributed by atoms with van der Waals surface area (Å²) in [7, 11) is 0. The quantitative estimate of drug-likeness (QED) is 0.113. The number of aliphatic hydroxyl groups excluding tert-OH is 1. The number of carboxylic acid groups (broad SMARTS) is 1. The van der Waals surface area contributed by atoms with Crippen molar-refractivity contribution in [3.63, 3.8) is 0 Å². The molecule has 2 amide bonds. The van der Waals surface area contributed by atoms with Crippen molar-refractivity contribution in [2.45, 2.75) is 82.1 Å². The third-order valence-corrected chi connectivity index (χ3v) is 11.1. The number of carbonyl (C=O) groups excluding carboxylic acids is 2. The monoisotopic (exact) mass is 746 g/mol. The van der Waals surface area contributed by atoms with Crippen LogP contribution < -0.4 is 15.5 Å². The Morgan fingerprint density at radius 3 is 2.29 bits per heavy atom. The first-order valence-corrected chi connectivity index (χ1v) is 19.3. The molecule has 0 saturated carbocycles. The number of anilines is 1. The van der Waals surface area contributed by atoms with Gasteiger partial charge in [0.05, 0.1) is 25.5 Å². The molecule has 11 nitrogen and oxygen atoms in total. The van der Waals surface area contributed by atoms with Crippen LogP contribution in [0.3, 0.4) is 0 Å². The van der Waals surface area contributed by atoms with Gasteiger partial charge in [0.1, 0.15) is 5.54 Å². The Morgan fingerprint density at radius 2 is 1.55 bits per heavy atom. The average Bonchev–Trinajstić information content (AvgIpc) is 3.54. The highest BCUT2D eigenvalue weighted by Gasteiger charge is 2.50. The zero-order valence-corrected chi connectivity index (χ0v) is 31.1. The van der Waals surface area contributed by atoms with Crippen molar-refractivity contribution >= 4 is 23.5 Å². The van der Waals surface area contributed by atoms with Gasteiger partial charge in [-0.25, -0.2) is 0 Å². The molecule has 0 unspecified atom stereocenters. The van der Waals surface area contributed by atoms with Gasteiger partial charge in [-0.2, -0.15) is 0 Å². The third kappa shape index (κ3) is 9.25. The molecule has 11 heteroatoms. The molecule has 3 atom stereocenters. The molecule has 288 valence electrons. The van der Waals surface area contributed by atoms with Crippen molar-refractivity contribution in [1.29, 1.82) is 0 Å². The summed E-state index contributed by atoms with van der Waals surface area (Å²) < 4.78 is 13.5. The summed E-state index contributed by atoms with van der Waals surface area (Å²) in [5.41, 5.74) is 6.24. The van der Waals surface area contributed by atoms with Crippen LogP contribution in [0.1, 0.15) is 79.6 Å². The van der Waals surface area contributed by atoms with Crippen molar-refractivity contribution < 1.29 is 34.1 Å². The largest absolute Gasteiger partial charge is 0.481 e. The number of ether oxygens (including phenoxy) is 2. The Kier molecular flexibility index (Phi) is 12.2. The molecule has 1 spiro atoms. The maximum atomic E-state index is 13.3. The lowest BCUT2D eigenvalue weighted by Crippen LogP contribution is -2.57. The molecular weight excluding hydrogens is 697 g/mol. The van der Waals surface area contributed by atoms with Crippen molar-refractivity contribution in [2.75, 3.05) is 31.2 Å². The van der Waals surface area contributed by atoms with E-state index < -0.39 is 17.8 Å². The van der Waals surface area contributed by atoms with E-state index in [1.807, 2.05) is 72.8 Å². The fraction of sp³-hybridized carbons (Fsp3) is 0.386. The van der Waals surface area contributed by atoms with Crippen LogP contribution in [0.15, 0.2) is 103 Å². The second kappa shape index (κ2) is 17.6. The number of aliphatic hydroxyl groups is 1. The molecule has 4 aromatic carbocycles. The van der Waals surface area contributed by atoms with Gasteiger partial charge in [-0.05, 0) is 77.8 Å².